The van der Waals surface area contributed by atoms with Crippen molar-refractivity contribution in [2.75, 3.05) is 26.8 Å². The third-order valence-corrected chi connectivity index (χ3v) is 3.75. The van der Waals surface area contributed by atoms with E-state index in [1.165, 1.54) is 4.88 Å². The second-order valence-electron chi connectivity index (χ2n) is 4.65. The Morgan fingerprint density at radius 1 is 1.29 bits per heavy atom. The summed E-state index contributed by atoms with van der Waals surface area (Å²) in [5.41, 5.74) is 0.855. The van der Waals surface area contributed by atoms with Crippen LogP contribution in [-0.2, 0) is 6.54 Å². The van der Waals surface area contributed by atoms with Gasteiger partial charge in [-0.2, -0.15) is 0 Å². The summed E-state index contributed by atoms with van der Waals surface area (Å²) in [5, 5.41) is 10.8. The molecule has 0 saturated carbocycles. The Morgan fingerprint density at radius 2 is 2.19 bits per heavy atom. The fourth-order valence-electron chi connectivity index (χ4n) is 1.87. The largest absolute Gasteiger partial charge is 0.492 e. The lowest BCUT2D eigenvalue weighted by Gasteiger charge is -2.16. The summed E-state index contributed by atoms with van der Waals surface area (Å²) < 4.78 is 5.75. The third-order valence-electron chi connectivity index (χ3n) is 2.89. The molecule has 3 nitrogen and oxygen atoms in total. The van der Waals surface area contributed by atoms with Crippen molar-refractivity contribution in [3.05, 3.63) is 52.2 Å². The molecule has 0 fully saturated rings. The molecule has 0 saturated heterocycles. The first-order valence-electron chi connectivity index (χ1n) is 6.81. The van der Waals surface area contributed by atoms with Gasteiger partial charge in [-0.15, -0.1) is 11.3 Å². The number of thiophene rings is 1. The highest BCUT2D eigenvalue weighted by Crippen LogP contribution is 2.13. The minimum absolute atomic E-state index is 0.126. The molecule has 2 aromatic rings. The van der Waals surface area contributed by atoms with Crippen LogP contribution in [0.15, 0.2) is 41.8 Å². The van der Waals surface area contributed by atoms with Crippen LogP contribution in [0.3, 0.4) is 0 Å². The Kier molecular flexibility index (Phi) is 6.29. The van der Waals surface area contributed by atoms with Crippen LogP contribution in [0.1, 0.15) is 10.4 Å². The van der Waals surface area contributed by atoms with E-state index >= 15 is 0 Å². The molecule has 21 heavy (non-hydrogen) atoms. The fourth-order valence-corrected chi connectivity index (χ4v) is 2.66. The van der Waals surface area contributed by atoms with Crippen molar-refractivity contribution in [2.45, 2.75) is 6.54 Å². The van der Waals surface area contributed by atoms with Crippen molar-refractivity contribution < 1.29 is 9.84 Å². The molecule has 0 amide bonds. The van der Waals surface area contributed by atoms with Gasteiger partial charge in [0.15, 0.2) is 0 Å². The predicted molar refractivity (Wildman–Crippen MR) is 86.6 cm³/mol. The van der Waals surface area contributed by atoms with Crippen molar-refractivity contribution in [2.24, 2.45) is 0 Å². The van der Waals surface area contributed by atoms with E-state index in [0.29, 0.717) is 6.61 Å². The average molecular weight is 301 g/mol. The summed E-state index contributed by atoms with van der Waals surface area (Å²) in [6.07, 6.45) is 0. The molecular weight excluding hydrogens is 282 g/mol. The van der Waals surface area contributed by atoms with E-state index < -0.39 is 0 Å². The van der Waals surface area contributed by atoms with E-state index in [0.717, 1.165) is 24.4 Å². The van der Waals surface area contributed by atoms with E-state index in [2.05, 4.69) is 41.3 Å². The van der Waals surface area contributed by atoms with Crippen LogP contribution < -0.4 is 4.74 Å². The zero-order valence-corrected chi connectivity index (χ0v) is 12.9. The van der Waals surface area contributed by atoms with Crippen LogP contribution in [-0.4, -0.2) is 36.8 Å². The van der Waals surface area contributed by atoms with E-state index in [9.17, 15) is 0 Å². The Bertz CT molecular complexity index is 599. The van der Waals surface area contributed by atoms with Crippen molar-refractivity contribution >= 4 is 11.3 Å². The summed E-state index contributed by atoms with van der Waals surface area (Å²) in [6.45, 7) is 2.32. The van der Waals surface area contributed by atoms with Gasteiger partial charge in [0.2, 0.25) is 0 Å². The van der Waals surface area contributed by atoms with Gasteiger partial charge in [-0.05, 0) is 36.7 Å². The Hall–Kier alpha value is -1.80. The summed E-state index contributed by atoms with van der Waals surface area (Å²) in [6, 6.07) is 11.8. The first-order valence-corrected chi connectivity index (χ1v) is 7.69. The summed E-state index contributed by atoms with van der Waals surface area (Å²) in [7, 11) is 2.09. The van der Waals surface area contributed by atoms with Gasteiger partial charge in [0.1, 0.15) is 19.0 Å². The van der Waals surface area contributed by atoms with E-state index in [4.69, 9.17) is 9.84 Å². The van der Waals surface area contributed by atoms with Gasteiger partial charge in [-0.1, -0.05) is 24.0 Å². The molecule has 0 aliphatic carbocycles. The Balaban J connectivity index is 1.77. The number of nitrogens with zero attached hydrogens (tertiary/aromatic N) is 1. The smallest absolute Gasteiger partial charge is 0.120 e. The zero-order valence-electron chi connectivity index (χ0n) is 12.1. The molecule has 0 spiro atoms. The van der Waals surface area contributed by atoms with Crippen molar-refractivity contribution in [1.29, 1.82) is 0 Å². The second kappa shape index (κ2) is 8.48. The second-order valence-corrected chi connectivity index (χ2v) is 5.69. The molecule has 1 heterocycles. The maximum atomic E-state index is 8.70. The summed E-state index contributed by atoms with van der Waals surface area (Å²) >= 11 is 1.77. The maximum Gasteiger partial charge on any atom is 0.120 e. The molecule has 110 valence electrons. The number of benzene rings is 1. The number of hydrogen-bond donors (Lipinski definition) is 1. The molecule has 4 heteroatoms. The van der Waals surface area contributed by atoms with Crippen LogP contribution in [0.4, 0.5) is 0 Å². The third kappa shape index (κ3) is 5.60. The number of aliphatic hydroxyl groups is 1. The minimum atomic E-state index is -0.126. The van der Waals surface area contributed by atoms with Gasteiger partial charge in [0.25, 0.3) is 0 Å². The normalized spacial score (nSPS) is 10.2. The number of ether oxygens (including phenoxy) is 1. The lowest BCUT2D eigenvalue weighted by Crippen LogP contribution is -2.23. The van der Waals surface area contributed by atoms with Gasteiger partial charge in [-0.25, -0.2) is 0 Å². The summed E-state index contributed by atoms with van der Waals surface area (Å²) in [4.78, 5) is 3.60. The first-order chi connectivity index (χ1) is 10.3. The van der Waals surface area contributed by atoms with Gasteiger partial charge >= 0.3 is 0 Å². The zero-order chi connectivity index (χ0) is 14.9. The van der Waals surface area contributed by atoms with Gasteiger partial charge < -0.3 is 9.84 Å². The van der Waals surface area contributed by atoms with Crippen LogP contribution in [0.25, 0.3) is 0 Å². The van der Waals surface area contributed by atoms with E-state index in [-0.39, 0.29) is 6.61 Å². The topological polar surface area (TPSA) is 32.7 Å². The molecular formula is C17H19NO2S. The molecule has 2 rings (SSSR count). The average Bonchev–Trinajstić information content (AvgIpc) is 2.98. The first kappa shape index (κ1) is 15.6. The lowest BCUT2D eigenvalue weighted by atomic mass is 10.2. The number of aliphatic hydroxyl groups excluding tert-OH is 1. The summed E-state index contributed by atoms with van der Waals surface area (Å²) in [5.74, 6) is 6.32. The molecule has 0 aliphatic rings. The highest BCUT2D eigenvalue weighted by Gasteiger charge is 2.02. The molecule has 0 atom stereocenters. The maximum absolute atomic E-state index is 8.70. The molecule has 0 aliphatic heterocycles. The minimum Gasteiger partial charge on any atom is -0.492 e. The molecule has 0 bridgehead atoms. The number of hydrogen-bond acceptors (Lipinski definition) is 4. The van der Waals surface area contributed by atoms with Crippen LogP contribution in [0.5, 0.6) is 5.75 Å². The Labute approximate surface area is 129 Å². The molecule has 1 aromatic heterocycles. The monoisotopic (exact) mass is 301 g/mol. The van der Waals surface area contributed by atoms with Crippen LogP contribution in [0, 0.1) is 11.8 Å². The Morgan fingerprint density at radius 3 is 2.95 bits per heavy atom. The van der Waals surface area contributed by atoms with Crippen molar-refractivity contribution in [3.63, 3.8) is 0 Å². The molecule has 1 N–H and O–H groups in total. The van der Waals surface area contributed by atoms with Crippen molar-refractivity contribution in [3.8, 4) is 17.6 Å². The quantitative estimate of drug-likeness (QED) is 0.833. The van der Waals surface area contributed by atoms with Crippen LogP contribution in [0.2, 0.25) is 0 Å². The standard InChI is InChI=1S/C17H19NO2S/c1-18(14-17-8-4-12-21-17)9-11-20-16-7-2-5-15(13-16)6-3-10-19/h2,4-5,7-8,12-13,19H,9-11,14H2,1H3. The van der Waals surface area contributed by atoms with E-state index in [1.54, 1.807) is 11.3 Å². The molecule has 0 radical (unpaired) electrons. The number of rotatable bonds is 6. The number of likely N-dealkylation sites (N-methyl/N-ethyl adjacent to an activating group) is 1. The van der Waals surface area contributed by atoms with Gasteiger partial charge in [0, 0.05) is 23.5 Å². The fraction of sp³-hybridized carbons (Fsp3) is 0.294. The SMILES string of the molecule is CN(CCOc1cccc(C#CCO)c1)Cc1cccs1. The lowest BCUT2D eigenvalue weighted by molar-refractivity contribution is 0.234. The molecule has 1 aromatic carbocycles. The van der Waals surface area contributed by atoms with Crippen LogP contribution >= 0.6 is 11.3 Å². The molecule has 0 unspecified atom stereocenters. The highest BCUT2D eigenvalue weighted by atomic mass is 32.1. The van der Waals surface area contributed by atoms with Crippen molar-refractivity contribution in [1.82, 2.24) is 4.90 Å². The highest BCUT2D eigenvalue weighted by molar-refractivity contribution is 7.09. The predicted octanol–water partition coefficient (Wildman–Crippen LogP) is 2.60. The van der Waals surface area contributed by atoms with E-state index in [1.807, 2.05) is 24.3 Å². The van der Waals surface area contributed by atoms with Gasteiger partial charge in [-0.3, -0.25) is 4.90 Å². The van der Waals surface area contributed by atoms with Gasteiger partial charge in [0.05, 0.1) is 0 Å².